The zero-order chi connectivity index (χ0) is 10.9. The lowest BCUT2D eigenvalue weighted by Crippen LogP contribution is -2.38. The zero-order valence-corrected chi connectivity index (χ0v) is 8.76. The average molecular weight is 211 g/mol. The van der Waals surface area contributed by atoms with Crippen LogP contribution >= 0.6 is 0 Å². The van der Waals surface area contributed by atoms with Crippen LogP contribution in [0.2, 0.25) is 0 Å². The molecule has 0 saturated carbocycles. The fraction of sp³-hybridized carbons (Fsp3) is 0.500. The Balaban J connectivity index is 2.07. The minimum absolute atomic E-state index is 0.0745. The Morgan fingerprint density at radius 2 is 1.93 bits per heavy atom. The van der Waals surface area contributed by atoms with Crippen molar-refractivity contribution in [3.8, 4) is 0 Å². The number of hydrogen-bond donors (Lipinski definition) is 1. The van der Waals surface area contributed by atoms with E-state index < -0.39 is 11.5 Å². The Labute approximate surface area is 88.5 Å². The number of halogens is 2. The molecule has 1 nitrogen and oxygen atoms in total. The van der Waals surface area contributed by atoms with Gasteiger partial charge in [0.2, 0.25) is 0 Å². The number of nitrogens with one attached hydrogen (secondary N) is 1. The maximum atomic E-state index is 13.1. The van der Waals surface area contributed by atoms with Gasteiger partial charge in [0.05, 0.1) is 6.54 Å². The predicted molar refractivity (Wildman–Crippen MR) is 56.1 cm³/mol. The standard InChI is InChI=1S/C12H15F2N/c1-11(8-12(13,14)9-15-11)7-10-5-3-2-4-6-10/h2-6,15H,7-9H2,1H3. The molecule has 1 saturated heterocycles. The molecule has 1 unspecified atom stereocenters. The molecule has 3 heteroatoms. The Bertz CT molecular complexity index is 337. The van der Waals surface area contributed by atoms with Crippen LogP contribution in [-0.4, -0.2) is 18.0 Å². The molecular formula is C12H15F2N. The van der Waals surface area contributed by atoms with E-state index in [2.05, 4.69) is 5.32 Å². The third-order valence-electron chi connectivity index (χ3n) is 2.86. The lowest BCUT2D eigenvalue weighted by molar-refractivity contribution is 0.0168. The van der Waals surface area contributed by atoms with E-state index >= 15 is 0 Å². The van der Waals surface area contributed by atoms with E-state index in [0.717, 1.165) is 5.56 Å². The van der Waals surface area contributed by atoms with Crippen LogP contribution in [0.1, 0.15) is 18.9 Å². The first-order chi connectivity index (χ1) is 6.99. The third-order valence-corrected chi connectivity index (χ3v) is 2.86. The molecule has 0 bridgehead atoms. The Kier molecular flexibility index (Phi) is 2.51. The molecule has 1 N–H and O–H groups in total. The third kappa shape index (κ3) is 2.53. The second kappa shape index (κ2) is 3.56. The monoisotopic (exact) mass is 211 g/mol. The van der Waals surface area contributed by atoms with Gasteiger partial charge < -0.3 is 5.32 Å². The second-order valence-electron chi connectivity index (χ2n) is 4.61. The molecule has 1 aliphatic heterocycles. The highest BCUT2D eigenvalue weighted by molar-refractivity contribution is 5.18. The fourth-order valence-corrected chi connectivity index (χ4v) is 2.21. The molecule has 82 valence electrons. The summed E-state index contributed by atoms with van der Waals surface area (Å²) >= 11 is 0. The van der Waals surface area contributed by atoms with Gasteiger partial charge in [-0.25, -0.2) is 8.78 Å². The van der Waals surface area contributed by atoms with Gasteiger partial charge in [-0.2, -0.15) is 0 Å². The SMILES string of the molecule is CC1(Cc2ccccc2)CC(F)(F)CN1. The minimum Gasteiger partial charge on any atom is -0.305 e. The quantitative estimate of drug-likeness (QED) is 0.793. The summed E-state index contributed by atoms with van der Waals surface area (Å²) in [4.78, 5) is 0. The molecule has 0 aromatic heterocycles. The van der Waals surface area contributed by atoms with Crippen molar-refractivity contribution < 1.29 is 8.78 Å². The van der Waals surface area contributed by atoms with Gasteiger partial charge in [0, 0.05) is 12.0 Å². The number of alkyl halides is 2. The first-order valence-electron chi connectivity index (χ1n) is 5.16. The Morgan fingerprint density at radius 1 is 1.27 bits per heavy atom. The van der Waals surface area contributed by atoms with Gasteiger partial charge in [-0.3, -0.25) is 0 Å². The predicted octanol–water partition coefficient (Wildman–Crippen LogP) is 2.62. The summed E-state index contributed by atoms with van der Waals surface area (Å²) < 4.78 is 26.2. The van der Waals surface area contributed by atoms with Crippen LogP contribution in [0.3, 0.4) is 0 Å². The van der Waals surface area contributed by atoms with Gasteiger partial charge in [-0.15, -0.1) is 0 Å². The smallest absolute Gasteiger partial charge is 0.262 e. The first kappa shape index (κ1) is 10.6. The van der Waals surface area contributed by atoms with Gasteiger partial charge in [0.15, 0.2) is 0 Å². The number of hydrogen-bond acceptors (Lipinski definition) is 1. The average Bonchev–Trinajstić information content (AvgIpc) is 2.42. The molecule has 1 aromatic carbocycles. The van der Waals surface area contributed by atoms with Crippen LogP contribution in [0.4, 0.5) is 8.78 Å². The van der Waals surface area contributed by atoms with E-state index in [9.17, 15) is 8.78 Å². The molecule has 0 spiro atoms. The normalized spacial score (nSPS) is 29.3. The van der Waals surface area contributed by atoms with Crippen molar-refractivity contribution in [1.29, 1.82) is 0 Å². The number of benzene rings is 1. The molecule has 0 amide bonds. The van der Waals surface area contributed by atoms with Crippen molar-refractivity contribution in [3.05, 3.63) is 35.9 Å². The second-order valence-corrected chi connectivity index (χ2v) is 4.61. The van der Waals surface area contributed by atoms with E-state index in [-0.39, 0.29) is 13.0 Å². The first-order valence-corrected chi connectivity index (χ1v) is 5.16. The topological polar surface area (TPSA) is 12.0 Å². The van der Waals surface area contributed by atoms with Crippen molar-refractivity contribution in [2.24, 2.45) is 0 Å². The lowest BCUT2D eigenvalue weighted by Gasteiger charge is -2.24. The Hall–Kier alpha value is -0.960. The summed E-state index contributed by atoms with van der Waals surface area (Å²) in [5.41, 5.74) is 0.635. The van der Waals surface area contributed by atoms with Crippen LogP contribution in [0.25, 0.3) is 0 Å². The lowest BCUT2D eigenvalue weighted by atomic mass is 9.91. The molecule has 0 aliphatic carbocycles. The summed E-state index contributed by atoms with van der Waals surface area (Å²) in [5.74, 6) is -2.55. The van der Waals surface area contributed by atoms with Crippen LogP contribution in [0.15, 0.2) is 30.3 Å². The van der Waals surface area contributed by atoms with E-state index in [0.29, 0.717) is 6.42 Å². The largest absolute Gasteiger partial charge is 0.305 e. The van der Waals surface area contributed by atoms with Crippen LogP contribution in [-0.2, 0) is 6.42 Å². The summed E-state index contributed by atoms with van der Waals surface area (Å²) in [5, 5.41) is 2.92. The number of rotatable bonds is 2. The van der Waals surface area contributed by atoms with Crippen LogP contribution in [0.5, 0.6) is 0 Å². The molecule has 1 atom stereocenters. The maximum absolute atomic E-state index is 13.1. The van der Waals surface area contributed by atoms with E-state index in [4.69, 9.17) is 0 Å². The molecule has 1 heterocycles. The summed E-state index contributed by atoms with van der Waals surface area (Å²) in [6.07, 6.45) is 0.582. The van der Waals surface area contributed by atoms with Crippen LogP contribution in [0, 0.1) is 0 Å². The highest BCUT2D eigenvalue weighted by atomic mass is 19.3. The molecule has 0 radical (unpaired) electrons. The van der Waals surface area contributed by atoms with Gasteiger partial charge in [0.25, 0.3) is 5.92 Å². The molecule has 15 heavy (non-hydrogen) atoms. The van der Waals surface area contributed by atoms with E-state index in [1.165, 1.54) is 0 Å². The van der Waals surface area contributed by atoms with Gasteiger partial charge in [-0.05, 0) is 18.9 Å². The maximum Gasteiger partial charge on any atom is 0.262 e. The van der Waals surface area contributed by atoms with Crippen molar-refractivity contribution in [2.75, 3.05) is 6.54 Å². The zero-order valence-electron chi connectivity index (χ0n) is 8.76. The van der Waals surface area contributed by atoms with Gasteiger partial charge >= 0.3 is 0 Å². The van der Waals surface area contributed by atoms with Gasteiger partial charge in [0.1, 0.15) is 0 Å². The highest BCUT2D eigenvalue weighted by Gasteiger charge is 2.46. The molecule has 1 fully saturated rings. The summed E-state index contributed by atoms with van der Waals surface area (Å²) in [6, 6.07) is 9.76. The van der Waals surface area contributed by atoms with Crippen molar-refractivity contribution in [2.45, 2.75) is 31.2 Å². The van der Waals surface area contributed by atoms with Gasteiger partial charge in [-0.1, -0.05) is 30.3 Å². The summed E-state index contributed by atoms with van der Waals surface area (Å²) in [6.45, 7) is 1.66. The minimum atomic E-state index is -2.55. The van der Waals surface area contributed by atoms with Crippen molar-refractivity contribution >= 4 is 0 Å². The summed E-state index contributed by atoms with van der Waals surface area (Å²) in [7, 11) is 0. The van der Waals surface area contributed by atoms with E-state index in [1.54, 1.807) is 0 Å². The molecule has 1 aromatic rings. The molecular weight excluding hydrogens is 196 g/mol. The van der Waals surface area contributed by atoms with Crippen molar-refractivity contribution in [3.63, 3.8) is 0 Å². The molecule has 2 rings (SSSR count). The highest BCUT2D eigenvalue weighted by Crippen LogP contribution is 2.34. The van der Waals surface area contributed by atoms with Crippen molar-refractivity contribution in [1.82, 2.24) is 5.32 Å². The molecule has 1 aliphatic rings. The van der Waals surface area contributed by atoms with E-state index in [1.807, 2.05) is 37.3 Å². The Morgan fingerprint density at radius 3 is 2.47 bits per heavy atom. The van der Waals surface area contributed by atoms with Crippen LogP contribution < -0.4 is 5.32 Å². The fourth-order valence-electron chi connectivity index (χ4n) is 2.21.